The van der Waals surface area contributed by atoms with Crippen LogP contribution in [0, 0.1) is 17.8 Å². The van der Waals surface area contributed by atoms with Gasteiger partial charge < -0.3 is 14.2 Å². The Morgan fingerprint density at radius 3 is 2.00 bits per heavy atom. The summed E-state index contributed by atoms with van der Waals surface area (Å²) < 4.78 is 19.4. The fraction of sp³-hybridized carbons (Fsp3) is 0.630. The second-order valence-electron chi connectivity index (χ2n) is 10.5. The summed E-state index contributed by atoms with van der Waals surface area (Å²) in [5.74, 6) is -4.59. The molecule has 1 saturated heterocycles. The molecule has 0 spiro atoms. The predicted molar refractivity (Wildman–Crippen MR) is 133 cm³/mol. The van der Waals surface area contributed by atoms with E-state index in [1.54, 1.807) is 4.68 Å². The Balaban J connectivity index is 1.85. The van der Waals surface area contributed by atoms with Crippen LogP contribution >= 0.6 is 0 Å². The first kappa shape index (κ1) is 26.9. The highest BCUT2D eigenvalue weighted by molar-refractivity contribution is 5.93. The Labute approximate surface area is 216 Å². The smallest absolute Gasteiger partial charge is 0.304 e. The van der Waals surface area contributed by atoms with E-state index in [1.165, 1.54) is 27.7 Å². The Kier molecular flexibility index (Phi) is 7.50. The summed E-state index contributed by atoms with van der Waals surface area (Å²) >= 11 is 0. The van der Waals surface area contributed by atoms with Gasteiger partial charge in [0.25, 0.3) is 0 Å². The molecule has 0 bridgehead atoms. The number of carbonyl (C=O) groups is 4. The van der Waals surface area contributed by atoms with Gasteiger partial charge in [-0.05, 0) is 57.9 Å². The van der Waals surface area contributed by atoms with E-state index in [0.29, 0.717) is 11.5 Å². The lowest BCUT2D eigenvalue weighted by Gasteiger charge is -2.43. The zero-order valence-electron chi connectivity index (χ0n) is 22.5. The molecule has 1 aliphatic carbocycles. The highest BCUT2D eigenvalue weighted by Crippen LogP contribution is 2.42. The molecule has 0 aromatic carbocycles. The maximum Gasteiger partial charge on any atom is 0.304 e. The minimum absolute atomic E-state index is 0.205. The van der Waals surface area contributed by atoms with E-state index in [2.05, 4.69) is 13.8 Å². The fourth-order valence-corrected chi connectivity index (χ4v) is 5.77. The summed E-state index contributed by atoms with van der Waals surface area (Å²) in [7, 11) is 1.83. The zero-order valence-corrected chi connectivity index (χ0v) is 22.5. The van der Waals surface area contributed by atoms with Crippen LogP contribution in [-0.4, -0.2) is 50.7 Å². The maximum atomic E-state index is 12.9. The van der Waals surface area contributed by atoms with Gasteiger partial charge in [0.1, 0.15) is 17.3 Å². The standard InChI is InChI=1S/C27H35N3O7/c1-12(2)23-22-17-10-8-9-11-18(17)25(28-24(22)30(7)29-23)36-27-21(15(5)33)19(13(3)31)20(14(4)32)26(37-27)35-16(6)34/h12,19-21,26-27H,8-11H2,1-7H3/t19-,20+,21-,26-,27+/m1/s1. The molecule has 2 aromatic heterocycles. The van der Waals surface area contributed by atoms with Gasteiger partial charge >= 0.3 is 5.97 Å². The molecule has 1 fully saturated rings. The monoisotopic (exact) mass is 513 g/mol. The van der Waals surface area contributed by atoms with Gasteiger partial charge in [0, 0.05) is 30.8 Å². The number of hydrogen-bond donors (Lipinski definition) is 0. The van der Waals surface area contributed by atoms with Crippen molar-refractivity contribution in [3.8, 4) is 5.88 Å². The van der Waals surface area contributed by atoms with Gasteiger partial charge in [0.15, 0.2) is 5.65 Å². The van der Waals surface area contributed by atoms with Crippen molar-refractivity contribution in [3.63, 3.8) is 0 Å². The summed E-state index contributed by atoms with van der Waals surface area (Å²) in [6, 6.07) is 0. The number of Topliss-reactive ketones (excluding diaryl/α,β-unsaturated/α-hetero) is 3. The van der Waals surface area contributed by atoms with Crippen LogP contribution in [0.4, 0.5) is 0 Å². The minimum Gasteiger partial charge on any atom is -0.447 e. The number of aryl methyl sites for hydroxylation is 2. The SMILES string of the molecule is CC(=O)O[C@@H]1O[C@H](Oc2nc3c(c(C(C)C)nn3C)c3c2CCCC3)[C@H](C(C)=O)[C@H](C(C)=O)[C@@H]1C(C)=O. The average molecular weight is 514 g/mol. The van der Waals surface area contributed by atoms with Crippen LogP contribution in [0.3, 0.4) is 0 Å². The van der Waals surface area contributed by atoms with Gasteiger partial charge in [-0.15, -0.1) is 0 Å². The number of aromatic nitrogens is 3. The number of fused-ring (bicyclic) bond motifs is 3. The molecule has 10 nitrogen and oxygen atoms in total. The molecule has 0 unspecified atom stereocenters. The molecule has 2 aliphatic rings. The van der Waals surface area contributed by atoms with E-state index in [0.717, 1.165) is 47.9 Å². The molecule has 5 atom stereocenters. The summed E-state index contributed by atoms with van der Waals surface area (Å²) in [5.41, 5.74) is 3.69. The predicted octanol–water partition coefficient (Wildman–Crippen LogP) is 3.21. The lowest BCUT2D eigenvalue weighted by atomic mass is 9.73. The molecular formula is C27H35N3O7. The molecule has 2 aromatic rings. The number of nitrogens with zero attached hydrogens (tertiary/aromatic N) is 3. The lowest BCUT2D eigenvalue weighted by Crippen LogP contribution is -2.57. The number of ether oxygens (including phenoxy) is 3. The molecule has 3 heterocycles. The number of ketones is 3. The van der Waals surface area contributed by atoms with Crippen molar-refractivity contribution in [1.29, 1.82) is 0 Å². The molecule has 200 valence electrons. The van der Waals surface area contributed by atoms with E-state index in [-0.39, 0.29) is 17.5 Å². The van der Waals surface area contributed by atoms with Gasteiger partial charge in [0.2, 0.25) is 18.5 Å². The van der Waals surface area contributed by atoms with Crippen LogP contribution in [0.15, 0.2) is 0 Å². The van der Waals surface area contributed by atoms with Gasteiger partial charge in [-0.1, -0.05) is 13.8 Å². The van der Waals surface area contributed by atoms with E-state index >= 15 is 0 Å². The van der Waals surface area contributed by atoms with Gasteiger partial charge in [-0.3, -0.25) is 23.9 Å². The third-order valence-electron chi connectivity index (χ3n) is 7.37. The van der Waals surface area contributed by atoms with E-state index in [9.17, 15) is 19.2 Å². The van der Waals surface area contributed by atoms with E-state index < -0.39 is 42.1 Å². The number of carbonyl (C=O) groups excluding carboxylic acids is 4. The van der Waals surface area contributed by atoms with Crippen LogP contribution in [0.5, 0.6) is 5.88 Å². The summed E-state index contributed by atoms with van der Waals surface area (Å²) in [5, 5.41) is 5.74. The highest BCUT2D eigenvalue weighted by atomic mass is 16.8. The third kappa shape index (κ3) is 4.91. The third-order valence-corrected chi connectivity index (χ3v) is 7.37. The maximum absolute atomic E-state index is 12.9. The molecule has 1 aliphatic heterocycles. The van der Waals surface area contributed by atoms with Gasteiger partial charge in [-0.2, -0.15) is 10.1 Å². The molecule has 0 amide bonds. The Hall–Kier alpha value is -3.14. The molecule has 10 heteroatoms. The topological polar surface area (TPSA) is 127 Å². The van der Waals surface area contributed by atoms with Crippen molar-refractivity contribution in [2.24, 2.45) is 24.8 Å². The molecule has 0 saturated carbocycles. The number of pyridine rings is 1. The van der Waals surface area contributed by atoms with Crippen LogP contribution in [0.2, 0.25) is 0 Å². The van der Waals surface area contributed by atoms with Crippen LogP contribution < -0.4 is 4.74 Å². The summed E-state index contributed by atoms with van der Waals surface area (Å²) in [6.07, 6.45) is 0.907. The Morgan fingerprint density at radius 1 is 0.892 bits per heavy atom. The van der Waals surface area contributed by atoms with E-state index in [4.69, 9.17) is 24.3 Å². The molecular weight excluding hydrogens is 478 g/mol. The van der Waals surface area contributed by atoms with Gasteiger partial charge in [-0.25, -0.2) is 0 Å². The Morgan fingerprint density at radius 2 is 1.46 bits per heavy atom. The van der Waals surface area contributed by atoms with E-state index in [1.807, 2.05) is 7.05 Å². The largest absolute Gasteiger partial charge is 0.447 e. The molecule has 37 heavy (non-hydrogen) atoms. The molecule has 4 rings (SSSR count). The number of rotatable bonds is 7. The summed E-state index contributed by atoms with van der Waals surface area (Å²) in [4.78, 5) is 54.9. The minimum atomic E-state index is -1.37. The summed E-state index contributed by atoms with van der Waals surface area (Å²) in [6.45, 7) is 9.33. The van der Waals surface area contributed by atoms with Crippen molar-refractivity contribution in [3.05, 3.63) is 16.8 Å². The van der Waals surface area contributed by atoms with Crippen molar-refractivity contribution >= 4 is 34.4 Å². The van der Waals surface area contributed by atoms with Crippen molar-refractivity contribution in [1.82, 2.24) is 14.8 Å². The molecule has 0 radical (unpaired) electrons. The first-order chi connectivity index (χ1) is 17.4. The van der Waals surface area contributed by atoms with Gasteiger partial charge in [0.05, 0.1) is 17.5 Å². The molecule has 0 N–H and O–H groups in total. The fourth-order valence-electron chi connectivity index (χ4n) is 5.77. The first-order valence-electron chi connectivity index (χ1n) is 12.8. The first-order valence-corrected chi connectivity index (χ1v) is 12.8. The normalized spacial score (nSPS) is 25.6. The van der Waals surface area contributed by atoms with Crippen LogP contribution in [0.25, 0.3) is 11.0 Å². The number of hydrogen-bond acceptors (Lipinski definition) is 9. The van der Waals surface area contributed by atoms with Crippen molar-refractivity contribution in [2.75, 3.05) is 0 Å². The second kappa shape index (κ2) is 10.3. The second-order valence-corrected chi connectivity index (χ2v) is 10.5. The average Bonchev–Trinajstić information content (AvgIpc) is 3.14. The van der Waals surface area contributed by atoms with Crippen LogP contribution in [0.1, 0.15) is 77.1 Å². The zero-order chi connectivity index (χ0) is 27.2. The highest BCUT2D eigenvalue weighted by Gasteiger charge is 2.54. The van der Waals surface area contributed by atoms with Crippen LogP contribution in [-0.2, 0) is 48.5 Å². The lowest BCUT2D eigenvalue weighted by molar-refractivity contribution is -0.277. The van der Waals surface area contributed by atoms with Crippen molar-refractivity contribution in [2.45, 2.75) is 85.7 Å². The van der Waals surface area contributed by atoms with Crippen molar-refractivity contribution < 1.29 is 33.4 Å². The Bertz CT molecular complexity index is 1260. The quantitative estimate of drug-likeness (QED) is 0.513. The number of esters is 1.